The summed E-state index contributed by atoms with van der Waals surface area (Å²) in [4.78, 5) is 0. The monoisotopic (exact) mass is 274 g/mol. The van der Waals surface area contributed by atoms with Crippen LogP contribution in [0.4, 0.5) is 4.39 Å². The van der Waals surface area contributed by atoms with E-state index >= 15 is 0 Å². The van der Waals surface area contributed by atoms with Gasteiger partial charge in [-0.15, -0.1) is 0 Å². The minimum atomic E-state index is -0.683. The van der Waals surface area contributed by atoms with Crippen molar-refractivity contribution in [3.63, 3.8) is 0 Å². The van der Waals surface area contributed by atoms with Crippen molar-refractivity contribution in [2.75, 3.05) is 0 Å². The molecule has 2 aromatic rings. The van der Waals surface area contributed by atoms with Gasteiger partial charge in [-0.1, -0.05) is 29.8 Å². The Kier molecular flexibility index (Phi) is 4.40. The summed E-state index contributed by atoms with van der Waals surface area (Å²) < 4.78 is 19.4. The lowest BCUT2D eigenvalue weighted by Crippen LogP contribution is -2.01. The molecule has 0 aliphatic carbocycles. The first kappa shape index (κ1) is 14.5. The van der Waals surface area contributed by atoms with Crippen molar-refractivity contribution in [3.05, 3.63) is 64.5 Å². The average Bonchev–Trinajstić information content (AvgIpc) is 2.40. The van der Waals surface area contributed by atoms with E-state index in [2.05, 4.69) is 0 Å². The summed E-state index contributed by atoms with van der Waals surface area (Å²) in [7, 11) is 0. The van der Waals surface area contributed by atoms with Gasteiger partial charge >= 0.3 is 0 Å². The molecule has 2 rings (SSSR count). The first-order valence-electron chi connectivity index (χ1n) is 6.64. The molecule has 0 spiro atoms. The van der Waals surface area contributed by atoms with Gasteiger partial charge in [0.1, 0.15) is 6.61 Å². The quantitative estimate of drug-likeness (QED) is 0.910. The molecular formula is C17H19FO2. The van der Waals surface area contributed by atoms with Gasteiger partial charge < -0.3 is 9.84 Å². The maximum Gasteiger partial charge on any atom is 0.165 e. The minimum Gasteiger partial charge on any atom is -0.486 e. The van der Waals surface area contributed by atoms with E-state index in [-0.39, 0.29) is 5.75 Å². The van der Waals surface area contributed by atoms with Crippen LogP contribution >= 0.6 is 0 Å². The van der Waals surface area contributed by atoms with Crippen molar-refractivity contribution in [3.8, 4) is 5.75 Å². The van der Waals surface area contributed by atoms with Crippen LogP contribution in [0.15, 0.2) is 36.4 Å². The van der Waals surface area contributed by atoms with E-state index in [1.807, 2.05) is 32.0 Å². The zero-order valence-corrected chi connectivity index (χ0v) is 12.0. The second-order valence-corrected chi connectivity index (χ2v) is 5.08. The maximum absolute atomic E-state index is 13.9. The Morgan fingerprint density at radius 2 is 1.90 bits per heavy atom. The van der Waals surface area contributed by atoms with Crippen molar-refractivity contribution in [1.29, 1.82) is 0 Å². The van der Waals surface area contributed by atoms with E-state index in [9.17, 15) is 9.50 Å². The van der Waals surface area contributed by atoms with E-state index in [0.29, 0.717) is 12.2 Å². The Morgan fingerprint density at radius 1 is 1.15 bits per heavy atom. The molecule has 0 aliphatic heterocycles. The van der Waals surface area contributed by atoms with E-state index in [4.69, 9.17) is 4.74 Å². The third kappa shape index (κ3) is 3.36. The van der Waals surface area contributed by atoms with Gasteiger partial charge in [0.05, 0.1) is 6.10 Å². The molecule has 0 saturated heterocycles. The fourth-order valence-electron chi connectivity index (χ4n) is 2.01. The summed E-state index contributed by atoms with van der Waals surface area (Å²) in [6.45, 7) is 5.95. The summed E-state index contributed by atoms with van der Waals surface area (Å²) in [5.41, 5.74) is 3.86. The third-order valence-electron chi connectivity index (χ3n) is 3.33. The van der Waals surface area contributed by atoms with Gasteiger partial charge in [-0.3, -0.25) is 0 Å². The number of hydrogen-bond acceptors (Lipinski definition) is 2. The topological polar surface area (TPSA) is 29.5 Å². The van der Waals surface area contributed by atoms with Gasteiger partial charge in [0.25, 0.3) is 0 Å². The van der Waals surface area contributed by atoms with Gasteiger partial charge in [-0.2, -0.15) is 0 Å². The summed E-state index contributed by atoms with van der Waals surface area (Å²) >= 11 is 0. The molecule has 0 radical (unpaired) electrons. The highest BCUT2D eigenvalue weighted by molar-refractivity contribution is 5.33. The molecule has 0 amide bonds. The molecule has 0 saturated carbocycles. The number of halogens is 1. The number of ether oxygens (including phenoxy) is 1. The SMILES string of the molecule is Cc1ccc(C)c(COc2ccc([C@H](C)O)cc2F)c1. The molecule has 2 nitrogen and oxygen atoms in total. The molecule has 0 fully saturated rings. The van der Waals surface area contributed by atoms with Crippen LogP contribution in [-0.4, -0.2) is 5.11 Å². The molecule has 0 bridgehead atoms. The highest BCUT2D eigenvalue weighted by Crippen LogP contribution is 2.23. The number of hydrogen-bond donors (Lipinski definition) is 1. The zero-order valence-electron chi connectivity index (χ0n) is 12.0. The smallest absolute Gasteiger partial charge is 0.165 e. The lowest BCUT2D eigenvalue weighted by molar-refractivity contribution is 0.198. The largest absolute Gasteiger partial charge is 0.486 e. The maximum atomic E-state index is 13.9. The first-order valence-corrected chi connectivity index (χ1v) is 6.64. The minimum absolute atomic E-state index is 0.204. The Morgan fingerprint density at radius 3 is 2.55 bits per heavy atom. The van der Waals surface area contributed by atoms with E-state index in [1.165, 1.54) is 6.07 Å². The van der Waals surface area contributed by atoms with Gasteiger partial charge in [0, 0.05) is 0 Å². The molecule has 2 aromatic carbocycles. The molecule has 106 valence electrons. The predicted octanol–water partition coefficient (Wildman–Crippen LogP) is 4.07. The number of aliphatic hydroxyl groups excluding tert-OH is 1. The second-order valence-electron chi connectivity index (χ2n) is 5.08. The van der Waals surface area contributed by atoms with Crippen molar-refractivity contribution in [1.82, 2.24) is 0 Å². The number of benzene rings is 2. The highest BCUT2D eigenvalue weighted by Gasteiger charge is 2.09. The lowest BCUT2D eigenvalue weighted by Gasteiger charge is -2.12. The molecule has 1 atom stereocenters. The fourth-order valence-corrected chi connectivity index (χ4v) is 2.01. The molecule has 0 heterocycles. The van der Waals surface area contributed by atoms with Crippen LogP contribution in [0.1, 0.15) is 35.3 Å². The van der Waals surface area contributed by atoms with E-state index in [0.717, 1.165) is 16.7 Å². The van der Waals surface area contributed by atoms with Crippen molar-refractivity contribution >= 4 is 0 Å². The van der Waals surface area contributed by atoms with Crippen molar-refractivity contribution < 1.29 is 14.2 Å². The third-order valence-corrected chi connectivity index (χ3v) is 3.33. The fraction of sp³-hybridized carbons (Fsp3) is 0.294. The van der Waals surface area contributed by atoms with Crippen LogP contribution in [0.2, 0.25) is 0 Å². The Hall–Kier alpha value is -1.87. The van der Waals surface area contributed by atoms with Crippen LogP contribution in [0.25, 0.3) is 0 Å². The van der Waals surface area contributed by atoms with Gasteiger partial charge in [0.15, 0.2) is 11.6 Å². The molecule has 20 heavy (non-hydrogen) atoms. The summed E-state index contributed by atoms with van der Waals surface area (Å²) in [5.74, 6) is -0.246. The normalized spacial score (nSPS) is 12.2. The number of rotatable bonds is 4. The Balaban J connectivity index is 2.13. The number of aliphatic hydroxyl groups is 1. The van der Waals surface area contributed by atoms with Gasteiger partial charge in [-0.25, -0.2) is 4.39 Å². The highest BCUT2D eigenvalue weighted by atomic mass is 19.1. The Bertz CT molecular complexity index is 606. The molecule has 0 aliphatic rings. The standard InChI is InChI=1S/C17H19FO2/c1-11-4-5-12(2)15(8-11)10-20-17-7-6-14(13(3)19)9-16(17)18/h4-9,13,19H,10H2,1-3H3/t13-/m0/s1. The predicted molar refractivity (Wildman–Crippen MR) is 77.3 cm³/mol. The zero-order chi connectivity index (χ0) is 14.7. The van der Waals surface area contributed by atoms with E-state index < -0.39 is 11.9 Å². The van der Waals surface area contributed by atoms with Crippen molar-refractivity contribution in [2.24, 2.45) is 0 Å². The average molecular weight is 274 g/mol. The van der Waals surface area contributed by atoms with E-state index in [1.54, 1.807) is 19.1 Å². The van der Waals surface area contributed by atoms with Crippen LogP contribution < -0.4 is 4.74 Å². The second kappa shape index (κ2) is 6.06. The summed E-state index contributed by atoms with van der Waals surface area (Å²) in [6, 6.07) is 10.6. The summed E-state index contributed by atoms with van der Waals surface area (Å²) in [5, 5.41) is 9.41. The molecule has 0 aromatic heterocycles. The summed E-state index contributed by atoms with van der Waals surface area (Å²) in [6.07, 6.45) is -0.683. The van der Waals surface area contributed by atoms with Gasteiger partial charge in [0.2, 0.25) is 0 Å². The van der Waals surface area contributed by atoms with Crippen LogP contribution in [-0.2, 0) is 6.61 Å². The van der Waals surface area contributed by atoms with Crippen molar-refractivity contribution in [2.45, 2.75) is 33.5 Å². The molecular weight excluding hydrogens is 255 g/mol. The Labute approximate surface area is 118 Å². The van der Waals surface area contributed by atoms with Gasteiger partial charge in [-0.05, 0) is 49.6 Å². The van der Waals surface area contributed by atoms with Crippen LogP contribution in [0.3, 0.4) is 0 Å². The number of aryl methyl sites for hydroxylation is 2. The lowest BCUT2D eigenvalue weighted by atomic mass is 10.1. The first-order chi connectivity index (χ1) is 9.47. The molecule has 0 unspecified atom stereocenters. The molecule has 1 N–H and O–H groups in total. The molecule has 3 heteroatoms. The van der Waals surface area contributed by atoms with Crippen LogP contribution in [0.5, 0.6) is 5.75 Å². The van der Waals surface area contributed by atoms with Crippen LogP contribution in [0, 0.1) is 19.7 Å².